The lowest BCUT2D eigenvalue weighted by Gasteiger charge is -2.32. The Morgan fingerprint density at radius 1 is 1.25 bits per heavy atom. The number of methoxy groups -OCH3 is 1. The van der Waals surface area contributed by atoms with E-state index in [2.05, 4.69) is 0 Å². The smallest absolute Gasteiger partial charge is 0.306 e. The summed E-state index contributed by atoms with van der Waals surface area (Å²) in [5, 5.41) is 18.5. The summed E-state index contributed by atoms with van der Waals surface area (Å²) in [7, 11) is 1.38. The van der Waals surface area contributed by atoms with Crippen LogP contribution in [0.1, 0.15) is 33.1 Å². The lowest BCUT2D eigenvalue weighted by molar-refractivity contribution is -0.273. The summed E-state index contributed by atoms with van der Waals surface area (Å²) < 4.78 is 15.4. The zero-order valence-electron chi connectivity index (χ0n) is 12.3. The zero-order chi connectivity index (χ0) is 15.6. The summed E-state index contributed by atoms with van der Waals surface area (Å²) in [6, 6.07) is 0. The fourth-order valence-electron chi connectivity index (χ4n) is 1.45. The maximum Gasteiger partial charge on any atom is 0.306 e. The van der Waals surface area contributed by atoms with Crippen LogP contribution in [0.5, 0.6) is 0 Å². The van der Waals surface area contributed by atoms with Gasteiger partial charge in [-0.15, -0.1) is 0 Å². The summed E-state index contributed by atoms with van der Waals surface area (Å²) in [5.74, 6) is -1.86. The number of hydrogen-bond acceptors (Lipinski definition) is 7. The van der Waals surface area contributed by atoms with E-state index in [0.717, 1.165) is 0 Å². The predicted molar refractivity (Wildman–Crippen MR) is 69.9 cm³/mol. The number of hydrogen-bond donors (Lipinski definition) is 2. The molecule has 0 saturated carbocycles. The summed E-state index contributed by atoms with van der Waals surface area (Å²) in [4.78, 5) is 22.1. The Morgan fingerprint density at radius 2 is 1.90 bits per heavy atom. The molecule has 0 spiro atoms. The summed E-state index contributed by atoms with van der Waals surface area (Å²) in [6.07, 6.45) is -0.314. The molecule has 7 nitrogen and oxygen atoms in total. The lowest BCUT2D eigenvalue weighted by atomic mass is 10.2. The average molecular weight is 292 g/mol. The maximum atomic E-state index is 11.3. The minimum atomic E-state index is -1.22. The van der Waals surface area contributed by atoms with Gasteiger partial charge >= 0.3 is 5.97 Å². The Morgan fingerprint density at radius 3 is 2.30 bits per heavy atom. The van der Waals surface area contributed by atoms with Gasteiger partial charge in [-0.1, -0.05) is 6.92 Å². The summed E-state index contributed by atoms with van der Waals surface area (Å²) >= 11 is 0. The molecule has 7 heteroatoms. The minimum absolute atomic E-state index is 0.00329. The van der Waals surface area contributed by atoms with Gasteiger partial charge in [0.25, 0.3) is 0 Å². The Bertz CT molecular complexity index is 291. The number of aliphatic hydroxyl groups excluding tert-OH is 2. The van der Waals surface area contributed by atoms with Crippen molar-refractivity contribution in [1.29, 1.82) is 0 Å². The highest BCUT2D eigenvalue weighted by Crippen LogP contribution is 2.18. The third-order valence-electron chi connectivity index (χ3n) is 2.85. The number of carbonyl (C=O) groups excluding carboxylic acids is 2. The van der Waals surface area contributed by atoms with Crippen molar-refractivity contribution in [1.82, 2.24) is 0 Å². The molecular weight excluding hydrogens is 268 g/mol. The Labute approximate surface area is 118 Å². The average Bonchev–Trinajstić information content (AvgIpc) is 2.46. The molecule has 0 aromatic carbocycles. The first-order valence-corrected chi connectivity index (χ1v) is 6.52. The lowest BCUT2D eigenvalue weighted by Crippen LogP contribution is -2.44. The molecule has 0 aliphatic rings. The van der Waals surface area contributed by atoms with Crippen molar-refractivity contribution >= 4 is 11.8 Å². The van der Waals surface area contributed by atoms with Gasteiger partial charge in [0.05, 0.1) is 19.6 Å². The Hall–Kier alpha value is -1.02. The molecule has 0 amide bonds. The van der Waals surface area contributed by atoms with Crippen LogP contribution in [0.2, 0.25) is 0 Å². The largest absolute Gasteiger partial charge is 0.463 e. The Balaban J connectivity index is 4.27. The molecular formula is C13H24O7. The van der Waals surface area contributed by atoms with Gasteiger partial charge in [-0.3, -0.25) is 4.79 Å². The molecule has 0 aromatic heterocycles. The molecule has 0 aromatic rings. The second kappa shape index (κ2) is 9.82. The standard InChI is InChI=1S/C13H24O7/c1-4-13(9-15,18-3)20-11(7-14)8-19-12(17)6-5-10(2)16/h11,14-15H,4-9H2,1-3H3. The van der Waals surface area contributed by atoms with Gasteiger partial charge in [0.15, 0.2) is 5.79 Å². The molecule has 0 aliphatic heterocycles. The normalized spacial score (nSPS) is 15.4. The first-order chi connectivity index (χ1) is 9.42. The van der Waals surface area contributed by atoms with Crippen LogP contribution in [-0.2, 0) is 23.8 Å². The third-order valence-corrected chi connectivity index (χ3v) is 2.85. The van der Waals surface area contributed by atoms with E-state index in [-0.39, 0.29) is 38.4 Å². The van der Waals surface area contributed by atoms with Crippen LogP contribution >= 0.6 is 0 Å². The van der Waals surface area contributed by atoms with E-state index in [9.17, 15) is 19.8 Å². The molecule has 2 N–H and O–H groups in total. The molecule has 20 heavy (non-hydrogen) atoms. The van der Waals surface area contributed by atoms with E-state index in [1.165, 1.54) is 14.0 Å². The number of Topliss-reactive ketones (excluding diaryl/α,β-unsaturated/α-hetero) is 1. The quantitative estimate of drug-likeness (QED) is 0.409. The second-order valence-corrected chi connectivity index (χ2v) is 4.43. The van der Waals surface area contributed by atoms with E-state index < -0.39 is 17.9 Å². The highest BCUT2D eigenvalue weighted by molar-refractivity contribution is 5.80. The van der Waals surface area contributed by atoms with Crippen LogP contribution in [0.15, 0.2) is 0 Å². The van der Waals surface area contributed by atoms with Crippen LogP contribution in [0.3, 0.4) is 0 Å². The predicted octanol–water partition coefficient (Wildman–Crippen LogP) is 0.0213. The molecule has 2 atom stereocenters. The fraction of sp³-hybridized carbons (Fsp3) is 0.846. The topological polar surface area (TPSA) is 102 Å². The highest BCUT2D eigenvalue weighted by atomic mass is 16.7. The molecule has 0 bridgehead atoms. The van der Waals surface area contributed by atoms with Crippen LogP contribution in [0.4, 0.5) is 0 Å². The number of ketones is 1. The Kier molecular flexibility index (Phi) is 9.32. The van der Waals surface area contributed by atoms with E-state index in [1.807, 2.05) is 0 Å². The number of esters is 1. The molecule has 0 heterocycles. The van der Waals surface area contributed by atoms with Crippen molar-refractivity contribution in [3.8, 4) is 0 Å². The number of rotatable bonds is 11. The summed E-state index contributed by atoms with van der Waals surface area (Å²) in [6.45, 7) is 2.22. The van der Waals surface area contributed by atoms with Gasteiger partial charge in [0.2, 0.25) is 0 Å². The van der Waals surface area contributed by atoms with Gasteiger partial charge in [0.1, 0.15) is 18.5 Å². The second-order valence-electron chi connectivity index (χ2n) is 4.43. The van der Waals surface area contributed by atoms with Gasteiger partial charge < -0.3 is 29.2 Å². The monoisotopic (exact) mass is 292 g/mol. The molecule has 0 fully saturated rings. The van der Waals surface area contributed by atoms with Crippen molar-refractivity contribution in [3.63, 3.8) is 0 Å². The van der Waals surface area contributed by atoms with E-state index in [1.54, 1.807) is 6.92 Å². The van der Waals surface area contributed by atoms with Gasteiger partial charge in [0, 0.05) is 20.0 Å². The van der Waals surface area contributed by atoms with Crippen molar-refractivity contribution in [2.24, 2.45) is 0 Å². The van der Waals surface area contributed by atoms with Gasteiger partial charge in [-0.25, -0.2) is 0 Å². The van der Waals surface area contributed by atoms with Crippen molar-refractivity contribution in [3.05, 3.63) is 0 Å². The number of aliphatic hydroxyl groups is 2. The fourth-order valence-corrected chi connectivity index (χ4v) is 1.45. The molecule has 0 radical (unpaired) electrons. The maximum absolute atomic E-state index is 11.3. The van der Waals surface area contributed by atoms with Crippen molar-refractivity contribution < 1.29 is 34.0 Å². The van der Waals surface area contributed by atoms with E-state index in [0.29, 0.717) is 6.42 Å². The first kappa shape index (κ1) is 19.0. The molecule has 118 valence electrons. The van der Waals surface area contributed by atoms with Crippen LogP contribution in [0, 0.1) is 0 Å². The van der Waals surface area contributed by atoms with E-state index >= 15 is 0 Å². The first-order valence-electron chi connectivity index (χ1n) is 6.52. The van der Waals surface area contributed by atoms with Crippen LogP contribution in [-0.4, -0.2) is 60.8 Å². The van der Waals surface area contributed by atoms with Crippen molar-refractivity contribution in [2.45, 2.75) is 45.0 Å². The molecule has 0 rings (SSSR count). The molecule has 0 aliphatic carbocycles. The zero-order valence-corrected chi connectivity index (χ0v) is 12.3. The third kappa shape index (κ3) is 6.95. The number of carbonyl (C=O) groups is 2. The minimum Gasteiger partial charge on any atom is -0.463 e. The molecule has 0 saturated heterocycles. The van der Waals surface area contributed by atoms with Crippen LogP contribution in [0.25, 0.3) is 0 Å². The van der Waals surface area contributed by atoms with Gasteiger partial charge in [-0.05, 0) is 6.92 Å². The highest BCUT2D eigenvalue weighted by Gasteiger charge is 2.31. The molecule has 2 unspecified atom stereocenters. The van der Waals surface area contributed by atoms with Crippen molar-refractivity contribution in [2.75, 3.05) is 26.9 Å². The summed E-state index contributed by atoms with van der Waals surface area (Å²) in [5.41, 5.74) is 0. The van der Waals surface area contributed by atoms with Crippen LogP contribution < -0.4 is 0 Å². The van der Waals surface area contributed by atoms with E-state index in [4.69, 9.17) is 14.2 Å². The van der Waals surface area contributed by atoms with Gasteiger partial charge in [-0.2, -0.15) is 0 Å². The SMILES string of the molecule is CCC(CO)(OC)OC(CO)COC(=O)CCC(C)=O. The number of ether oxygens (including phenoxy) is 3.